The van der Waals surface area contributed by atoms with Crippen LogP contribution in [-0.4, -0.2) is 31.4 Å². The van der Waals surface area contributed by atoms with E-state index in [4.69, 9.17) is 0 Å². The van der Waals surface area contributed by atoms with Crippen molar-refractivity contribution in [3.8, 4) is 5.69 Å². The van der Waals surface area contributed by atoms with Crippen molar-refractivity contribution >= 4 is 40.6 Å². The van der Waals surface area contributed by atoms with E-state index in [0.29, 0.717) is 23.5 Å². The SMILES string of the molecule is CCC(Sc1cccc(NC(=O)c2ccc([N+](=O)[O-])cc2)c1)C(=O)Nc1c(C)n(C)n(-c2ccccc2)c1=O. The molecule has 1 heterocycles. The Kier molecular flexibility index (Phi) is 8.30. The predicted octanol–water partition coefficient (Wildman–Crippen LogP) is 5.15. The number of nitro benzene ring substituents is 1. The van der Waals surface area contributed by atoms with Crippen LogP contribution in [0.25, 0.3) is 5.69 Å². The maximum Gasteiger partial charge on any atom is 0.295 e. The maximum atomic E-state index is 13.2. The van der Waals surface area contributed by atoms with Gasteiger partial charge in [-0.15, -0.1) is 11.8 Å². The topological polar surface area (TPSA) is 128 Å². The summed E-state index contributed by atoms with van der Waals surface area (Å²) in [6.07, 6.45) is 0.509. The molecule has 39 heavy (non-hydrogen) atoms. The second kappa shape index (κ2) is 11.8. The van der Waals surface area contributed by atoms with E-state index in [1.54, 1.807) is 36.9 Å². The number of carbonyl (C=O) groups is 2. The van der Waals surface area contributed by atoms with Gasteiger partial charge < -0.3 is 10.6 Å². The lowest BCUT2D eigenvalue weighted by molar-refractivity contribution is -0.384. The molecule has 0 aliphatic heterocycles. The summed E-state index contributed by atoms with van der Waals surface area (Å²) in [5.74, 6) is -0.708. The molecule has 1 unspecified atom stereocenters. The number of amides is 2. The van der Waals surface area contributed by atoms with Crippen LogP contribution < -0.4 is 16.2 Å². The van der Waals surface area contributed by atoms with Crippen molar-refractivity contribution in [1.82, 2.24) is 9.36 Å². The van der Waals surface area contributed by atoms with E-state index < -0.39 is 16.1 Å². The Labute approximate surface area is 228 Å². The second-order valence-corrected chi connectivity index (χ2v) is 10.0. The molecule has 0 fully saturated rings. The van der Waals surface area contributed by atoms with Crippen LogP contribution in [0.1, 0.15) is 29.4 Å². The molecule has 10 nitrogen and oxygen atoms in total. The molecule has 200 valence electrons. The first kappa shape index (κ1) is 27.4. The third-order valence-corrected chi connectivity index (χ3v) is 7.53. The van der Waals surface area contributed by atoms with Gasteiger partial charge in [0.05, 0.1) is 21.6 Å². The number of rotatable bonds is 9. The number of nitro groups is 1. The van der Waals surface area contributed by atoms with E-state index in [0.717, 1.165) is 4.90 Å². The zero-order chi connectivity index (χ0) is 28.1. The van der Waals surface area contributed by atoms with Gasteiger partial charge in [0.25, 0.3) is 17.2 Å². The largest absolute Gasteiger partial charge is 0.322 e. The Morgan fingerprint density at radius 3 is 2.33 bits per heavy atom. The number of carbonyl (C=O) groups excluding carboxylic acids is 2. The highest BCUT2D eigenvalue weighted by Crippen LogP contribution is 2.29. The highest BCUT2D eigenvalue weighted by molar-refractivity contribution is 8.00. The third kappa shape index (κ3) is 6.10. The van der Waals surface area contributed by atoms with Gasteiger partial charge in [0.15, 0.2) is 0 Å². The summed E-state index contributed by atoms with van der Waals surface area (Å²) in [5.41, 5.74) is 1.95. The molecule has 0 aliphatic carbocycles. The van der Waals surface area contributed by atoms with Crippen LogP contribution in [0.3, 0.4) is 0 Å². The summed E-state index contributed by atoms with van der Waals surface area (Å²) >= 11 is 1.32. The molecule has 3 aromatic carbocycles. The molecular formula is C28H27N5O5S. The Hall–Kier alpha value is -4.64. The lowest BCUT2D eigenvalue weighted by Gasteiger charge is -2.15. The number of hydrogen-bond acceptors (Lipinski definition) is 6. The summed E-state index contributed by atoms with van der Waals surface area (Å²) in [4.78, 5) is 50.1. The molecule has 4 rings (SSSR count). The van der Waals surface area contributed by atoms with E-state index in [1.165, 1.54) is 40.7 Å². The second-order valence-electron chi connectivity index (χ2n) is 8.73. The van der Waals surface area contributed by atoms with Crippen molar-refractivity contribution in [2.75, 3.05) is 10.6 Å². The number of aromatic nitrogens is 2. The van der Waals surface area contributed by atoms with E-state index >= 15 is 0 Å². The molecule has 0 saturated carbocycles. The molecule has 11 heteroatoms. The van der Waals surface area contributed by atoms with Crippen LogP contribution in [0.15, 0.2) is 88.6 Å². The highest BCUT2D eigenvalue weighted by Gasteiger charge is 2.23. The zero-order valence-electron chi connectivity index (χ0n) is 21.6. The summed E-state index contributed by atoms with van der Waals surface area (Å²) in [6, 6.07) is 21.6. The molecule has 0 aliphatic rings. The first-order valence-corrected chi connectivity index (χ1v) is 13.0. The van der Waals surface area contributed by atoms with Crippen molar-refractivity contribution < 1.29 is 14.5 Å². The number of nitrogens with one attached hydrogen (secondary N) is 2. The summed E-state index contributed by atoms with van der Waals surface area (Å²) < 4.78 is 3.22. The number of thioether (sulfide) groups is 1. The number of anilines is 2. The minimum atomic E-state index is -0.527. The Balaban J connectivity index is 1.47. The monoisotopic (exact) mass is 545 g/mol. The number of nitrogens with zero attached hydrogens (tertiary/aromatic N) is 3. The number of hydrogen-bond donors (Lipinski definition) is 2. The lowest BCUT2D eigenvalue weighted by Crippen LogP contribution is -2.28. The normalized spacial score (nSPS) is 11.6. The minimum absolute atomic E-state index is 0.0986. The molecule has 1 atom stereocenters. The van der Waals surface area contributed by atoms with Gasteiger partial charge in [-0.2, -0.15) is 0 Å². The smallest absolute Gasteiger partial charge is 0.295 e. The van der Waals surface area contributed by atoms with Crippen molar-refractivity contribution in [3.05, 3.63) is 111 Å². The fourth-order valence-corrected chi connectivity index (χ4v) is 5.00. The molecule has 4 aromatic rings. The molecule has 2 N–H and O–H groups in total. The quantitative estimate of drug-likeness (QED) is 0.170. The van der Waals surface area contributed by atoms with Gasteiger partial charge in [-0.25, -0.2) is 4.68 Å². The van der Waals surface area contributed by atoms with Gasteiger partial charge in [-0.1, -0.05) is 31.2 Å². The van der Waals surface area contributed by atoms with E-state index in [2.05, 4.69) is 10.6 Å². The van der Waals surface area contributed by atoms with Crippen LogP contribution in [0.4, 0.5) is 17.1 Å². The van der Waals surface area contributed by atoms with Gasteiger partial charge in [0.2, 0.25) is 5.91 Å². The van der Waals surface area contributed by atoms with Crippen LogP contribution in [0.5, 0.6) is 0 Å². The van der Waals surface area contributed by atoms with Crippen molar-refractivity contribution in [3.63, 3.8) is 0 Å². The maximum absolute atomic E-state index is 13.2. The molecule has 0 radical (unpaired) electrons. The average Bonchev–Trinajstić information content (AvgIpc) is 3.15. The molecule has 0 saturated heterocycles. The first-order valence-electron chi connectivity index (χ1n) is 12.2. The van der Waals surface area contributed by atoms with Gasteiger partial charge in [0, 0.05) is 35.3 Å². The number of non-ortho nitro benzene ring substituents is 1. The first-order chi connectivity index (χ1) is 18.7. The lowest BCUT2D eigenvalue weighted by atomic mass is 10.2. The predicted molar refractivity (Wildman–Crippen MR) is 152 cm³/mol. The fraction of sp³-hybridized carbons (Fsp3) is 0.179. The summed E-state index contributed by atoms with van der Waals surface area (Å²) in [5, 5.41) is 16.0. The van der Waals surface area contributed by atoms with Gasteiger partial charge >= 0.3 is 0 Å². The van der Waals surface area contributed by atoms with Crippen LogP contribution in [0.2, 0.25) is 0 Å². The highest BCUT2D eigenvalue weighted by atomic mass is 32.2. The van der Waals surface area contributed by atoms with Gasteiger partial charge in [-0.3, -0.25) is 29.2 Å². The third-order valence-electron chi connectivity index (χ3n) is 6.18. The van der Waals surface area contributed by atoms with Crippen LogP contribution in [0, 0.1) is 17.0 Å². The number of benzene rings is 3. The molecular weight excluding hydrogens is 518 g/mol. The van der Waals surface area contributed by atoms with Crippen LogP contribution in [-0.2, 0) is 11.8 Å². The Morgan fingerprint density at radius 2 is 1.69 bits per heavy atom. The van der Waals surface area contributed by atoms with Crippen LogP contribution >= 0.6 is 11.8 Å². The Morgan fingerprint density at radius 1 is 1.00 bits per heavy atom. The number of para-hydroxylation sites is 1. The summed E-state index contributed by atoms with van der Waals surface area (Å²) in [7, 11) is 1.77. The van der Waals surface area contributed by atoms with Gasteiger partial charge in [0.1, 0.15) is 5.69 Å². The molecule has 2 amide bonds. The Bertz CT molecular complexity index is 1580. The van der Waals surface area contributed by atoms with E-state index in [-0.39, 0.29) is 28.4 Å². The molecule has 0 spiro atoms. The van der Waals surface area contributed by atoms with Crippen molar-refractivity contribution in [2.24, 2.45) is 7.05 Å². The van der Waals surface area contributed by atoms with Gasteiger partial charge in [-0.05, 0) is 55.8 Å². The average molecular weight is 546 g/mol. The fourth-order valence-electron chi connectivity index (χ4n) is 3.99. The van der Waals surface area contributed by atoms with Crippen molar-refractivity contribution in [1.29, 1.82) is 0 Å². The van der Waals surface area contributed by atoms with E-state index in [9.17, 15) is 24.5 Å². The summed E-state index contributed by atoms with van der Waals surface area (Å²) in [6.45, 7) is 3.67. The van der Waals surface area contributed by atoms with E-state index in [1.807, 2.05) is 43.3 Å². The van der Waals surface area contributed by atoms with Crippen molar-refractivity contribution in [2.45, 2.75) is 30.4 Å². The molecule has 1 aromatic heterocycles. The zero-order valence-corrected chi connectivity index (χ0v) is 22.4. The standard InChI is InChI=1S/C28H27N5O5S/c1-4-24(27(35)30-25-18(2)31(3)32(28(25)36)21-10-6-5-7-11-21)39-23-12-8-9-20(17-23)29-26(34)19-13-15-22(16-14-19)33(37)38/h5-17,24H,4H2,1-3H3,(H,29,34)(H,30,35). The molecule has 0 bridgehead atoms. The minimum Gasteiger partial charge on any atom is -0.322 e.